The summed E-state index contributed by atoms with van der Waals surface area (Å²) < 4.78 is 17.0. The summed E-state index contributed by atoms with van der Waals surface area (Å²) >= 11 is 0. The van der Waals surface area contributed by atoms with Gasteiger partial charge in [-0.15, -0.1) is 0 Å². The molecule has 0 amide bonds. The van der Waals surface area contributed by atoms with Gasteiger partial charge in [0.2, 0.25) is 0 Å². The minimum absolute atomic E-state index is 0.0206. The van der Waals surface area contributed by atoms with E-state index in [1.165, 1.54) is 6.42 Å². The van der Waals surface area contributed by atoms with Crippen LogP contribution in [0.15, 0.2) is 47.5 Å². The number of methoxy groups -OCH3 is 2. The van der Waals surface area contributed by atoms with Crippen molar-refractivity contribution in [3.05, 3.63) is 53.6 Å². The summed E-state index contributed by atoms with van der Waals surface area (Å²) in [7, 11) is 5.10. The zero-order valence-corrected chi connectivity index (χ0v) is 17.7. The number of aliphatic imine (C=N–C) groups is 1. The third-order valence-corrected chi connectivity index (χ3v) is 5.24. The average Bonchev–Trinajstić information content (AvgIpc) is 2.73. The minimum atomic E-state index is -0.0206. The molecule has 1 aliphatic carbocycles. The van der Waals surface area contributed by atoms with Crippen molar-refractivity contribution in [2.24, 2.45) is 4.99 Å². The largest absolute Gasteiger partial charge is 0.497 e. The van der Waals surface area contributed by atoms with E-state index < -0.39 is 0 Å². The van der Waals surface area contributed by atoms with E-state index in [0.717, 1.165) is 41.2 Å². The van der Waals surface area contributed by atoms with E-state index in [-0.39, 0.29) is 6.04 Å². The van der Waals surface area contributed by atoms with Crippen LogP contribution in [-0.4, -0.2) is 33.3 Å². The highest BCUT2D eigenvalue weighted by Gasteiger charge is 2.20. The molecule has 6 heteroatoms. The number of guanidine groups is 1. The molecule has 3 rings (SSSR count). The van der Waals surface area contributed by atoms with Gasteiger partial charge in [-0.25, -0.2) is 0 Å². The third-order valence-electron chi connectivity index (χ3n) is 5.24. The van der Waals surface area contributed by atoms with Crippen molar-refractivity contribution in [3.8, 4) is 17.2 Å². The Labute approximate surface area is 173 Å². The van der Waals surface area contributed by atoms with Crippen molar-refractivity contribution < 1.29 is 14.2 Å². The van der Waals surface area contributed by atoms with E-state index in [0.29, 0.717) is 18.6 Å². The van der Waals surface area contributed by atoms with Crippen LogP contribution in [0.2, 0.25) is 0 Å². The molecule has 0 spiro atoms. The lowest BCUT2D eigenvalue weighted by Crippen LogP contribution is -2.38. The van der Waals surface area contributed by atoms with Gasteiger partial charge < -0.3 is 24.8 Å². The molecule has 2 aromatic carbocycles. The highest BCUT2D eigenvalue weighted by molar-refractivity contribution is 5.80. The lowest BCUT2D eigenvalue weighted by molar-refractivity contribution is 0.119. The smallest absolute Gasteiger partial charge is 0.191 e. The van der Waals surface area contributed by atoms with Crippen LogP contribution >= 0.6 is 0 Å². The quantitative estimate of drug-likeness (QED) is 0.519. The molecule has 0 saturated heterocycles. The second kappa shape index (κ2) is 10.0. The number of para-hydroxylation sites is 1. The topological polar surface area (TPSA) is 64.1 Å². The van der Waals surface area contributed by atoms with Crippen LogP contribution < -0.4 is 24.8 Å². The molecule has 1 saturated carbocycles. The van der Waals surface area contributed by atoms with Crippen LogP contribution in [0.3, 0.4) is 0 Å². The van der Waals surface area contributed by atoms with E-state index in [9.17, 15) is 0 Å². The predicted molar refractivity (Wildman–Crippen MR) is 116 cm³/mol. The van der Waals surface area contributed by atoms with Gasteiger partial charge >= 0.3 is 0 Å². The summed E-state index contributed by atoms with van der Waals surface area (Å²) in [6, 6.07) is 13.9. The number of nitrogens with zero attached hydrogens (tertiary/aromatic N) is 1. The Balaban J connectivity index is 1.64. The molecule has 0 aliphatic heterocycles. The van der Waals surface area contributed by atoms with Crippen molar-refractivity contribution in [2.45, 2.75) is 44.9 Å². The minimum Gasteiger partial charge on any atom is -0.497 e. The Morgan fingerprint density at radius 3 is 2.55 bits per heavy atom. The maximum atomic E-state index is 6.12. The average molecular weight is 398 g/mol. The van der Waals surface area contributed by atoms with Gasteiger partial charge in [0.05, 0.1) is 26.4 Å². The number of nitrogens with one attached hydrogen (secondary N) is 2. The van der Waals surface area contributed by atoms with Crippen LogP contribution in [0.1, 0.15) is 43.4 Å². The van der Waals surface area contributed by atoms with Crippen LogP contribution in [0, 0.1) is 0 Å². The van der Waals surface area contributed by atoms with Crippen LogP contribution in [-0.2, 0) is 6.54 Å². The zero-order chi connectivity index (χ0) is 20.6. The van der Waals surface area contributed by atoms with Crippen molar-refractivity contribution in [2.75, 3.05) is 21.3 Å². The standard InChI is InChI=1S/C23H31N3O3/c1-16(20-14-19(27-3)12-13-22(20)28-4)26-23(24-2)25-15-17-8-5-6-11-21(17)29-18-9-7-10-18/h5-6,8,11-14,16,18H,7,9-10,15H2,1-4H3,(H2,24,25,26). The molecule has 0 bridgehead atoms. The van der Waals surface area contributed by atoms with Crippen LogP contribution in [0.5, 0.6) is 17.2 Å². The molecule has 2 N–H and O–H groups in total. The van der Waals surface area contributed by atoms with E-state index in [4.69, 9.17) is 14.2 Å². The normalized spacial score (nSPS) is 15.2. The number of ether oxygens (including phenoxy) is 3. The lowest BCUT2D eigenvalue weighted by Gasteiger charge is -2.27. The fourth-order valence-electron chi connectivity index (χ4n) is 3.27. The Bertz CT molecular complexity index is 834. The summed E-state index contributed by atoms with van der Waals surface area (Å²) in [5.41, 5.74) is 2.12. The van der Waals surface area contributed by atoms with Gasteiger partial charge in [-0.05, 0) is 50.5 Å². The van der Waals surface area contributed by atoms with Crippen molar-refractivity contribution in [1.82, 2.24) is 10.6 Å². The molecular weight excluding hydrogens is 366 g/mol. The molecule has 1 fully saturated rings. The molecule has 0 radical (unpaired) electrons. The number of benzene rings is 2. The number of hydrogen-bond acceptors (Lipinski definition) is 4. The SMILES string of the molecule is CN=C(NCc1ccccc1OC1CCC1)NC(C)c1cc(OC)ccc1OC. The fraction of sp³-hybridized carbons (Fsp3) is 0.435. The Morgan fingerprint density at radius 1 is 1.10 bits per heavy atom. The highest BCUT2D eigenvalue weighted by atomic mass is 16.5. The predicted octanol–water partition coefficient (Wildman–Crippen LogP) is 4.06. The molecule has 2 aromatic rings. The first kappa shape index (κ1) is 20.8. The molecule has 1 aliphatic rings. The van der Waals surface area contributed by atoms with E-state index in [1.54, 1.807) is 21.3 Å². The summed E-state index contributed by atoms with van der Waals surface area (Å²) in [5, 5.41) is 6.81. The van der Waals surface area contributed by atoms with Crippen molar-refractivity contribution >= 4 is 5.96 Å². The van der Waals surface area contributed by atoms with Crippen LogP contribution in [0.25, 0.3) is 0 Å². The monoisotopic (exact) mass is 397 g/mol. The molecule has 29 heavy (non-hydrogen) atoms. The molecule has 0 aromatic heterocycles. The first-order valence-corrected chi connectivity index (χ1v) is 10.1. The van der Waals surface area contributed by atoms with Crippen molar-refractivity contribution in [1.29, 1.82) is 0 Å². The summed E-state index contributed by atoms with van der Waals surface area (Å²) in [6.07, 6.45) is 3.90. The van der Waals surface area contributed by atoms with E-state index >= 15 is 0 Å². The molecule has 156 valence electrons. The van der Waals surface area contributed by atoms with Gasteiger partial charge in [0.25, 0.3) is 0 Å². The van der Waals surface area contributed by atoms with Gasteiger partial charge in [0.1, 0.15) is 17.2 Å². The molecule has 0 heterocycles. The third kappa shape index (κ3) is 5.34. The lowest BCUT2D eigenvalue weighted by atomic mass is 9.96. The molecule has 1 unspecified atom stereocenters. The molecule has 6 nitrogen and oxygen atoms in total. The second-order valence-corrected chi connectivity index (χ2v) is 7.18. The molecule has 1 atom stereocenters. The number of hydrogen-bond donors (Lipinski definition) is 2. The van der Waals surface area contributed by atoms with E-state index in [1.807, 2.05) is 36.4 Å². The van der Waals surface area contributed by atoms with Gasteiger partial charge in [-0.1, -0.05) is 18.2 Å². The van der Waals surface area contributed by atoms with E-state index in [2.05, 4.69) is 28.6 Å². The Hall–Kier alpha value is -2.89. The Morgan fingerprint density at radius 2 is 1.90 bits per heavy atom. The van der Waals surface area contributed by atoms with Gasteiger partial charge in [0, 0.05) is 24.7 Å². The second-order valence-electron chi connectivity index (χ2n) is 7.18. The Kier molecular flexibility index (Phi) is 7.22. The summed E-state index contributed by atoms with van der Waals surface area (Å²) in [4.78, 5) is 4.37. The summed E-state index contributed by atoms with van der Waals surface area (Å²) in [5.74, 6) is 3.25. The van der Waals surface area contributed by atoms with Gasteiger partial charge in [-0.3, -0.25) is 4.99 Å². The van der Waals surface area contributed by atoms with Gasteiger partial charge in [0.15, 0.2) is 5.96 Å². The highest BCUT2D eigenvalue weighted by Crippen LogP contribution is 2.29. The maximum absolute atomic E-state index is 6.12. The van der Waals surface area contributed by atoms with Crippen molar-refractivity contribution in [3.63, 3.8) is 0 Å². The fourth-order valence-corrected chi connectivity index (χ4v) is 3.27. The number of rotatable bonds is 8. The molecular formula is C23H31N3O3. The zero-order valence-electron chi connectivity index (χ0n) is 17.7. The first-order chi connectivity index (χ1) is 14.1. The van der Waals surface area contributed by atoms with Gasteiger partial charge in [-0.2, -0.15) is 0 Å². The maximum Gasteiger partial charge on any atom is 0.191 e. The summed E-state index contributed by atoms with van der Waals surface area (Å²) in [6.45, 7) is 2.70. The first-order valence-electron chi connectivity index (χ1n) is 10.1. The van der Waals surface area contributed by atoms with Crippen LogP contribution in [0.4, 0.5) is 0 Å².